The lowest BCUT2D eigenvalue weighted by atomic mass is 10.0. The first-order chi connectivity index (χ1) is 6.86. The van der Waals surface area contributed by atoms with Crippen molar-refractivity contribution in [2.45, 2.75) is 38.2 Å². The minimum Gasteiger partial charge on any atom is -0.381 e. The molecule has 1 unspecified atom stereocenters. The van der Waals surface area contributed by atoms with Crippen molar-refractivity contribution in [2.24, 2.45) is 5.92 Å². The van der Waals surface area contributed by atoms with Gasteiger partial charge in [0, 0.05) is 12.5 Å². The fraction of sp³-hybridized carbons (Fsp3) is 0.909. The molecule has 1 aliphatic carbocycles. The van der Waals surface area contributed by atoms with Crippen LogP contribution in [0.25, 0.3) is 0 Å². The molecular weight excluding hydrogens is 180 g/mol. The van der Waals surface area contributed by atoms with E-state index >= 15 is 0 Å². The molecule has 1 atom stereocenters. The van der Waals surface area contributed by atoms with E-state index in [2.05, 4.69) is 0 Å². The number of carbonyl (C=O) groups excluding carboxylic acids is 1. The number of hydrogen-bond donors (Lipinski definition) is 0. The molecule has 3 nitrogen and oxygen atoms in total. The third-order valence-corrected chi connectivity index (χ3v) is 3.15. The van der Waals surface area contributed by atoms with Gasteiger partial charge in [-0.3, -0.25) is 4.79 Å². The normalized spacial score (nSPS) is 28.4. The van der Waals surface area contributed by atoms with E-state index in [4.69, 9.17) is 9.47 Å². The summed E-state index contributed by atoms with van der Waals surface area (Å²) in [6.07, 6.45) is 6.01. The summed E-state index contributed by atoms with van der Waals surface area (Å²) in [6, 6.07) is 0. The Balaban J connectivity index is 1.66. The Hall–Kier alpha value is -0.410. The van der Waals surface area contributed by atoms with E-state index in [-0.39, 0.29) is 11.7 Å². The SMILES string of the molecule is O=C(COC1CCCC1)C1CCOC1. The molecule has 1 aliphatic heterocycles. The van der Waals surface area contributed by atoms with E-state index in [1.165, 1.54) is 12.8 Å². The molecule has 0 spiro atoms. The van der Waals surface area contributed by atoms with Gasteiger partial charge in [0.15, 0.2) is 5.78 Å². The first-order valence-corrected chi connectivity index (χ1v) is 5.58. The van der Waals surface area contributed by atoms with Gasteiger partial charge in [0.05, 0.1) is 12.7 Å². The topological polar surface area (TPSA) is 35.5 Å². The monoisotopic (exact) mass is 198 g/mol. The number of rotatable bonds is 4. The maximum absolute atomic E-state index is 11.6. The zero-order valence-corrected chi connectivity index (χ0v) is 8.54. The lowest BCUT2D eigenvalue weighted by molar-refractivity contribution is -0.129. The number of Topliss-reactive ketones (excluding diaryl/α,β-unsaturated/α-hetero) is 1. The predicted molar refractivity (Wildman–Crippen MR) is 52.1 cm³/mol. The highest BCUT2D eigenvalue weighted by molar-refractivity contribution is 5.82. The Labute approximate surface area is 84.8 Å². The third-order valence-electron chi connectivity index (χ3n) is 3.15. The van der Waals surface area contributed by atoms with Gasteiger partial charge in [-0.05, 0) is 19.3 Å². The van der Waals surface area contributed by atoms with Crippen molar-refractivity contribution in [3.63, 3.8) is 0 Å². The summed E-state index contributed by atoms with van der Waals surface area (Å²) in [5.41, 5.74) is 0. The Morgan fingerprint density at radius 1 is 1.29 bits per heavy atom. The van der Waals surface area contributed by atoms with E-state index in [1.54, 1.807) is 0 Å². The maximum atomic E-state index is 11.6. The summed E-state index contributed by atoms with van der Waals surface area (Å²) in [5.74, 6) is 0.339. The molecule has 0 amide bonds. The summed E-state index contributed by atoms with van der Waals surface area (Å²) in [6.45, 7) is 1.64. The molecule has 0 N–H and O–H groups in total. The molecule has 0 aromatic rings. The number of hydrogen-bond acceptors (Lipinski definition) is 3. The van der Waals surface area contributed by atoms with Crippen LogP contribution >= 0.6 is 0 Å². The molecule has 0 aromatic carbocycles. The molecule has 3 heteroatoms. The van der Waals surface area contributed by atoms with Crippen molar-refractivity contribution in [2.75, 3.05) is 19.8 Å². The second-order valence-electron chi connectivity index (χ2n) is 4.24. The van der Waals surface area contributed by atoms with Crippen LogP contribution in [0.1, 0.15) is 32.1 Å². The largest absolute Gasteiger partial charge is 0.381 e. The predicted octanol–water partition coefficient (Wildman–Crippen LogP) is 1.55. The van der Waals surface area contributed by atoms with Crippen LogP contribution in [0.2, 0.25) is 0 Å². The number of ketones is 1. The van der Waals surface area contributed by atoms with Crippen LogP contribution in [0.4, 0.5) is 0 Å². The molecule has 2 aliphatic rings. The van der Waals surface area contributed by atoms with Crippen LogP contribution < -0.4 is 0 Å². The fourth-order valence-electron chi connectivity index (χ4n) is 2.16. The zero-order valence-electron chi connectivity index (χ0n) is 8.54. The highest BCUT2D eigenvalue weighted by Crippen LogP contribution is 2.21. The van der Waals surface area contributed by atoms with Crippen molar-refractivity contribution < 1.29 is 14.3 Å². The van der Waals surface area contributed by atoms with E-state index in [0.717, 1.165) is 25.9 Å². The molecule has 0 aromatic heterocycles. The van der Waals surface area contributed by atoms with Gasteiger partial charge in [0.1, 0.15) is 6.61 Å². The van der Waals surface area contributed by atoms with Crippen LogP contribution in [0.15, 0.2) is 0 Å². The van der Waals surface area contributed by atoms with Gasteiger partial charge in [-0.1, -0.05) is 12.8 Å². The van der Waals surface area contributed by atoms with E-state index in [9.17, 15) is 4.79 Å². The first kappa shape index (κ1) is 10.1. The van der Waals surface area contributed by atoms with E-state index in [0.29, 0.717) is 19.3 Å². The molecule has 0 bridgehead atoms. The zero-order chi connectivity index (χ0) is 9.80. The Bertz CT molecular complexity index is 191. The van der Waals surface area contributed by atoms with Gasteiger partial charge in [-0.15, -0.1) is 0 Å². The molecule has 2 fully saturated rings. The minimum absolute atomic E-state index is 0.108. The third kappa shape index (κ3) is 2.55. The Kier molecular flexibility index (Phi) is 3.54. The van der Waals surface area contributed by atoms with E-state index in [1.807, 2.05) is 0 Å². The van der Waals surface area contributed by atoms with Crippen LogP contribution in [-0.2, 0) is 14.3 Å². The van der Waals surface area contributed by atoms with Crippen molar-refractivity contribution in [3.8, 4) is 0 Å². The van der Waals surface area contributed by atoms with Crippen LogP contribution in [0.5, 0.6) is 0 Å². The summed E-state index contributed by atoms with van der Waals surface area (Å²) >= 11 is 0. The highest BCUT2D eigenvalue weighted by atomic mass is 16.5. The molecule has 0 radical (unpaired) electrons. The van der Waals surface area contributed by atoms with Gasteiger partial charge in [-0.2, -0.15) is 0 Å². The molecule has 14 heavy (non-hydrogen) atoms. The highest BCUT2D eigenvalue weighted by Gasteiger charge is 2.24. The van der Waals surface area contributed by atoms with Crippen molar-refractivity contribution in [1.82, 2.24) is 0 Å². The van der Waals surface area contributed by atoms with Crippen molar-refractivity contribution in [3.05, 3.63) is 0 Å². The minimum atomic E-state index is 0.108. The molecule has 2 rings (SSSR count). The lowest BCUT2D eigenvalue weighted by Crippen LogP contribution is -2.23. The van der Waals surface area contributed by atoms with Crippen LogP contribution in [0.3, 0.4) is 0 Å². The first-order valence-electron chi connectivity index (χ1n) is 5.58. The molecule has 1 heterocycles. The summed E-state index contributed by atoms with van der Waals surface area (Å²) in [5, 5.41) is 0. The van der Waals surface area contributed by atoms with Crippen molar-refractivity contribution in [1.29, 1.82) is 0 Å². The summed E-state index contributed by atoms with van der Waals surface area (Å²) in [4.78, 5) is 11.6. The Morgan fingerprint density at radius 3 is 2.71 bits per heavy atom. The maximum Gasteiger partial charge on any atom is 0.163 e. The molecule has 1 saturated heterocycles. The van der Waals surface area contributed by atoms with Gasteiger partial charge in [0.25, 0.3) is 0 Å². The lowest BCUT2D eigenvalue weighted by Gasteiger charge is -2.12. The standard InChI is InChI=1S/C11H18O3/c12-11(9-5-6-13-7-9)8-14-10-3-1-2-4-10/h9-10H,1-8H2. The fourth-order valence-corrected chi connectivity index (χ4v) is 2.16. The molecular formula is C11H18O3. The van der Waals surface area contributed by atoms with Gasteiger partial charge < -0.3 is 9.47 Å². The molecule has 80 valence electrons. The summed E-state index contributed by atoms with van der Waals surface area (Å²) < 4.78 is 10.7. The van der Waals surface area contributed by atoms with Gasteiger partial charge >= 0.3 is 0 Å². The van der Waals surface area contributed by atoms with Crippen LogP contribution in [0, 0.1) is 5.92 Å². The number of ether oxygens (including phenoxy) is 2. The summed E-state index contributed by atoms with van der Waals surface area (Å²) in [7, 11) is 0. The van der Waals surface area contributed by atoms with Crippen molar-refractivity contribution >= 4 is 5.78 Å². The van der Waals surface area contributed by atoms with E-state index < -0.39 is 0 Å². The average Bonchev–Trinajstić information content (AvgIpc) is 2.87. The second kappa shape index (κ2) is 4.89. The Morgan fingerprint density at radius 2 is 2.07 bits per heavy atom. The number of carbonyl (C=O) groups is 1. The van der Waals surface area contributed by atoms with Gasteiger partial charge in [-0.25, -0.2) is 0 Å². The second-order valence-corrected chi connectivity index (χ2v) is 4.24. The molecule has 1 saturated carbocycles. The smallest absolute Gasteiger partial charge is 0.163 e. The van der Waals surface area contributed by atoms with Crippen LogP contribution in [-0.4, -0.2) is 31.7 Å². The van der Waals surface area contributed by atoms with Gasteiger partial charge in [0.2, 0.25) is 0 Å². The average molecular weight is 198 g/mol. The quantitative estimate of drug-likeness (QED) is 0.687.